The molecule has 0 spiro atoms. The molecule has 1 aliphatic heterocycles. The quantitative estimate of drug-likeness (QED) is 0.896. The van der Waals surface area contributed by atoms with Crippen molar-refractivity contribution in [2.45, 2.75) is 25.3 Å². The topological polar surface area (TPSA) is 78.1 Å². The molecule has 24 heavy (non-hydrogen) atoms. The normalized spacial score (nSPS) is 22.7. The van der Waals surface area contributed by atoms with Gasteiger partial charge in [-0.2, -0.15) is 5.10 Å². The number of aryl methyl sites for hydroxylation is 1. The molecule has 2 N–H and O–H groups in total. The Labute approximate surface area is 144 Å². The molecule has 1 aliphatic carbocycles. The van der Waals surface area contributed by atoms with E-state index in [1.54, 1.807) is 17.3 Å². The third-order valence-corrected chi connectivity index (χ3v) is 5.03. The summed E-state index contributed by atoms with van der Waals surface area (Å²) < 4.78 is 0. The Bertz CT molecular complexity index is 790. The van der Waals surface area contributed by atoms with Gasteiger partial charge in [0.1, 0.15) is 0 Å². The summed E-state index contributed by atoms with van der Waals surface area (Å²) in [5, 5.41) is 10.4. The molecule has 2 aliphatic rings. The Kier molecular flexibility index (Phi) is 3.76. The number of nitrogens with one attached hydrogen (secondary N) is 2. The van der Waals surface area contributed by atoms with Crippen molar-refractivity contribution in [2.24, 2.45) is 5.92 Å². The highest BCUT2D eigenvalue weighted by molar-refractivity contribution is 6.30. The highest BCUT2D eigenvalue weighted by Crippen LogP contribution is 2.33. The number of aromatic nitrogens is 2. The third-order valence-electron chi connectivity index (χ3n) is 4.79. The van der Waals surface area contributed by atoms with Crippen LogP contribution < -0.4 is 10.2 Å². The molecule has 1 aromatic heterocycles. The van der Waals surface area contributed by atoms with Gasteiger partial charge in [-0.25, -0.2) is 0 Å². The van der Waals surface area contributed by atoms with E-state index in [2.05, 4.69) is 15.5 Å². The molecule has 0 bridgehead atoms. The van der Waals surface area contributed by atoms with E-state index in [0.29, 0.717) is 12.2 Å². The predicted molar refractivity (Wildman–Crippen MR) is 89.7 cm³/mol. The lowest BCUT2D eigenvalue weighted by molar-refractivity contribution is -0.127. The fourth-order valence-electron chi connectivity index (χ4n) is 3.55. The van der Waals surface area contributed by atoms with Crippen LogP contribution in [0.15, 0.2) is 30.6 Å². The minimum absolute atomic E-state index is 0.00263. The Balaban J connectivity index is 1.44. The zero-order valence-electron chi connectivity index (χ0n) is 13.0. The standard InChI is InChI=1S/C17H17ClN4O2/c18-12-2-3-14-10(5-12)1-4-15(14)21-17(24)11-6-16(23)22(9-11)13-7-19-20-8-13/h2-3,5,7-8,11,15H,1,4,6,9H2,(H,19,20)(H,21,24). The zero-order chi connectivity index (χ0) is 16.7. The van der Waals surface area contributed by atoms with Crippen molar-refractivity contribution >= 4 is 29.1 Å². The number of rotatable bonds is 3. The van der Waals surface area contributed by atoms with Crippen LogP contribution in [0.4, 0.5) is 5.69 Å². The van der Waals surface area contributed by atoms with Gasteiger partial charge in [-0.05, 0) is 36.1 Å². The summed E-state index contributed by atoms with van der Waals surface area (Å²) in [6.07, 6.45) is 5.26. The molecule has 2 atom stereocenters. The number of anilines is 1. The lowest BCUT2D eigenvalue weighted by Crippen LogP contribution is -2.34. The molecule has 6 nitrogen and oxygen atoms in total. The van der Waals surface area contributed by atoms with Gasteiger partial charge < -0.3 is 10.2 Å². The van der Waals surface area contributed by atoms with E-state index in [1.165, 1.54) is 5.56 Å². The largest absolute Gasteiger partial charge is 0.349 e. The Hall–Kier alpha value is -2.34. The van der Waals surface area contributed by atoms with Crippen molar-refractivity contribution in [3.8, 4) is 0 Å². The number of hydrogen-bond donors (Lipinski definition) is 2. The average molecular weight is 345 g/mol. The van der Waals surface area contributed by atoms with Gasteiger partial charge in [-0.15, -0.1) is 0 Å². The molecular formula is C17H17ClN4O2. The lowest BCUT2D eigenvalue weighted by Gasteiger charge is -2.18. The molecule has 7 heteroatoms. The minimum Gasteiger partial charge on any atom is -0.349 e. The summed E-state index contributed by atoms with van der Waals surface area (Å²) in [7, 11) is 0. The fourth-order valence-corrected chi connectivity index (χ4v) is 3.74. The molecule has 4 rings (SSSR count). The van der Waals surface area contributed by atoms with E-state index in [4.69, 9.17) is 11.6 Å². The van der Waals surface area contributed by atoms with Gasteiger partial charge in [0, 0.05) is 24.2 Å². The summed E-state index contributed by atoms with van der Waals surface area (Å²) in [6.45, 7) is 0.393. The number of hydrogen-bond acceptors (Lipinski definition) is 3. The van der Waals surface area contributed by atoms with Crippen LogP contribution in [0.5, 0.6) is 0 Å². The molecule has 2 heterocycles. The number of H-pyrrole nitrogens is 1. The van der Waals surface area contributed by atoms with Crippen LogP contribution >= 0.6 is 11.6 Å². The van der Waals surface area contributed by atoms with E-state index >= 15 is 0 Å². The number of halogens is 1. The maximum atomic E-state index is 12.6. The summed E-state index contributed by atoms with van der Waals surface area (Å²) in [6, 6.07) is 5.79. The van der Waals surface area contributed by atoms with Gasteiger partial charge in [-0.1, -0.05) is 17.7 Å². The van der Waals surface area contributed by atoms with Gasteiger partial charge in [0.25, 0.3) is 0 Å². The van der Waals surface area contributed by atoms with Crippen LogP contribution in [0.25, 0.3) is 0 Å². The first-order valence-electron chi connectivity index (χ1n) is 7.99. The van der Waals surface area contributed by atoms with E-state index in [-0.39, 0.29) is 30.2 Å². The predicted octanol–water partition coefficient (Wildman–Crippen LogP) is 2.22. The minimum atomic E-state index is -0.330. The van der Waals surface area contributed by atoms with Gasteiger partial charge in [0.15, 0.2) is 0 Å². The second-order valence-corrected chi connectivity index (χ2v) is 6.74. The number of amides is 2. The molecule has 2 unspecified atom stereocenters. The first-order valence-corrected chi connectivity index (χ1v) is 8.37. The van der Waals surface area contributed by atoms with Crippen LogP contribution in [-0.2, 0) is 16.0 Å². The zero-order valence-corrected chi connectivity index (χ0v) is 13.7. The Morgan fingerprint density at radius 2 is 2.29 bits per heavy atom. The monoisotopic (exact) mass is 344 g/mol. The average Bonchev–Trinajstić information content (AvgIpc) is 3.27. The maximum Gasteiger partial charge on any atom is 0.227 e. The summed E-state index contributed by atoms with van der Waals surface area (Å²) in [4.78, 5) is 26.4. The van der Waals surface area contributed by atoms with Crippen LogP contribution in [0.2, 0.25) is 5.02 Å². The summed E-state index contributed by atoms with van der Waals surface area (Å²) in [5.41, 5.74) is 3.02. The van der Waals surface area contributed by atoms with Crippen LogP contribution in [0.3, 0.4) is 0 Å². The van der Waals surface area contributed by atoms with Gasteiger partial charge in [-0.3, -0.25) is 14.7 Å². The number of benzene rings is 1. The van der Waals surface area contributed by atoms with Crippen LogP contribution in [-0.4, -0.2) is 28.6 Å². The molecule has 1 fully saturated rings. The molecule has 0 saturated carbocycles. The van der Waals surface area contributed by atoms with Gasteiger partial charge in [0.05, 0.1) is 23.8 Å². The number of aromatic amines is 1. The smallest absolute Gasteiger partial charge is 0.227 e. The van der Waals surface area contributed by atoms with E-state index in [9.17, 15) is 9.59 Å². The van der Waals surface area contributed by atoms with E-state index in [0.717, 1.165) is 23.4 Å². The van der Waals surface area contributed by atoms with Crippen molar-refractivity contribution in [1.29, 1.82) is 0 Å². The molecular weight excluding hydrogens is 328 g/mol. The summed E-state index contributed by atoms with van der Waals surface area (Å²) in [5.74, 6) is -0.443. The van der Waals surface area contributed by atoms with Crippen molar-refractivity contribution in [1.82, 2.24) is 15.5 Å². The van der Waals surface area contributed by atoms with Gasteiger partial charge >= 0.3 is 0 Å². The Morgan fingerprint density at radius 3 is 3.08 bits per heavy atom. The van der Waals surface area contributed by atoms with Crippen molar-refractivity contribution in [3.63, 3.8) is 0 Å². The second kappa shape index (κ2) is 5.94. The second-order valence-electron chi connectivity index (χ2n) is 6.30. The Morgan fingerprint density at radius 1 is 1.42 bits per heavy atom. The number of fused-ring (bicyclic) bond motifs is 1. The molecule has 2 amide bonds. The number of carbonyl (C=O) groups is 2. The molecule has 1 saturated heterocycles. The van der Waals surface area contributed by atoms with E-state index in [1.807, 2.05) is 18.2 Å². The van der Waals surface area contributed by atoms with Crippen molar-refractivity contribution in [3.05, 3.63) is 46.7 Å². The lowest BCUT2D eigenvalue weighted by atomic mass is 10.1. The van der Waals surface area contributed by atoms with E-state index < -0.39 is 0 Å². The van der Waals surface area contributed by atoms with Crippen molar-refractivity contribution < 1.29 is 9.59 Å². The highest BCUT2D eigenvalue weighted by Gasteiger charge is 2.37. The first kappa shape index (κ1) is 15.2. The first-order chi connectivity index (χ1) is 11.6. The van der Waals surface area contributed by atoms with Crippen molar-refractivity contribution in [2.75, 3.05) is 11.4 Å². The number of carbonyl (C=O) groups excluding carboxylic acids is 2. The van der Waals surface area contributed by atoms with Gasteiger partial charge in [0.2, 0.25) is 11.8 Å². The molecule has 0 radical (unpaired) electrons. The molecule has 1 aromatic carbocycles. The molecule has 2 aromatic rings. The third kappa shape index (κ3) is 2.67. The number of nitrogens with zero attached hydrogens (tertiary/aromatic N) is 2. The van der Waals surface area contributed by atoms with Crippen LogP contribution in [0, 0.1) is 5.92 Å². The van der Waals surface area contributed by atoms with Crippen LogP contribution in [0.1, 0.15) is 30.0 Å². The molecule has 124 valence electrons. The SMILES string of the molecule is O=C(NC1CCc2cc(Cl)ccc21)C1CC(=O)N(c2cn[nH]c2)C1. The highest BCUT2D eigenvalue weighted by atomic mass is 35.5. The summed E-state index contributed by atoms with van der Waals surface area (Å²) >= 11 is 6.02. The fraction of sp³-hybridized carbons (Fsp3) is 0.353. The maximum absolute atomic E-state index is 12.6.